The Bertz CT molecular complexity index is 790. The van der Waals surface area contributed by atoms with E-state index < -0.39 is 5.92 Å². The van der Waals surface area contributed by atoms with Crippen molar-refractivity contribution in [2.75, 3.05) is 35.8 Å². The number of carbonyl (C=O) groups excluding carboxylic acids is 2. The predicted octanol–water partition coefficient (Wildman–Crippen LogP) is 3.40. The summed E-state index contributed by atoms with van der Waals surface area (Å²) in [5.41, 5.74) is 2.43. The Balaban J connectivity index is 1.67. The molecule has 0 aromatic heterocycles. The van der Waals surface area contributed by atoms with Gasteiger partial charge in [0, 0.05) is 38.4 Å². The molecule has 0 spiro atoms. The molecule has 0 aliphatic carbocycles. The van der Waals surface area contributed by atoms with Gasteiger partial charge in [0.25, 0.3) is 0 Å². The molecular weight excluding hydrogens is 338 g/mol. The first kappa shape index (κ1) is 17.3. The van der Waals surface area contributed by atoms with Crippen LogP contribution in [0, 0.1) is 5.92 Å². The zero-order valence-corrected chi connectivity index (χ0v) is 15.0. The second-order valence-electron chi connectivity index (χ2n) is 6.29. The Morgan fingerprint density at radius 3 is 2.48 bits per heavy atom. The third-order valence-corrected chi connectivity index (χ3v) is 4.61. The summed E-state index contributed by atoms with van der Waals surface area (Å²) < 4.78 is 0. The minimum atomic E-state index is -0.391. The molecule has 3 rings (SSSR count). The average molecular weight is 358 g/mol. The molecule has 1 saturated heterocycles. The standard InChI is InChI=1S/C19H20ClN3O2/c1-22(2)15-9-7-14(8-10-15)21-19(25)13-11-18(24)23(12-13)17-6-4-3-5-16(17)20/h3-10,13H,11-12H2,1-2H3,(H,21,25). The number of rotatable bonds is 4. The van der Waals surface area contributed by atoms with E-state index in [2.05, 4.69) is 5.32 Å². The predicted molar refractivity (Wildman–Crippen MR) is 101 cm³/mol. The van der Waals surface area contributed by atoms with Gasteiger partial charge in [-0.05, 0) is 36.4 Å². The van der Waals surface area contributed by atoms with E-state index in [9.17, 15) is 9.59 Å². The molecule has 1 aliphatic rings. The van der Waals surface area contributed by atoms with Crippen LogP contribution in [0.5, 0.6) is 0 Å². The SMILES string of the molecule is CN(C)c1ccc(NC(=O)C2CC(=O)N(c3ccccc3Cl)C2)cc1. The molecule has 2 aromatic rings. The minimum absolute atomic E-state index is 0.0868. The van der Waals surface area contributed by atoms with E-state index in [0.717, 1.165) is 11.4 Å². The molecule has 1 N–H and O–H groups in total. The highest BCUT2D eigenvalue weighted by molar-refractivity contribution is 6.33. The number of halogens is 1. The topological polar surface area (TPSA) is 52.7 Å². The summed E-state index contributed by atoms with van der Waals surface area (Å²) in [6.45, 7) is 0.337. The fourth-order valence-corrected chi connectivity index (χ4v) is 3.11. The molecule has 6 heteroatoms. The monoisotopic (exact) mass is 357 g/mol. The Morgan fingerprint density at radius 1 is 1.16 bits per heavy atom. The molecule has 1 unspecified atom stereocenters. The van der Waals surface area contributed by atoms with Crippen molar-refractivity contribution in [2.24, 2.45) is 5.92 Å². The second kappa shape index (κ2) is 7.15. The van der Waals surface area contributed by atoms with E-state index >= 15 is 0 Å². The van der Waals surface area contributed by atoms with Crippen molar-refractivity contribution in [1.82, 2.24) is 0 Å². The molecule has 2 aromatic carbocycles. The fraction of sp³-hybridized carbons (Fsp3) is 0.263. The lowest BCUT2D eigenvalue weighted by Crippen LogP contribution is -2.28. The van der Waals surface area contributed by atoms with E-state index in [4.69, 9.17) is 11.6 Å². The van der Waals surface area contributed by atoms with E-state index in [1.807, 2.05) is 55.4 Å². The molecule has 1 aliphatic heterocycles. The van der Waals surface area contributed by atoms with Crippen LogP contribution in [-0.2, 0) is 9.59 Å². The number of hydrogen-bond donors (Lipinski definition) is 1. The number of carbonyl (C=O) groups is 2. The van der Waals surface area contributed by atoms with Crippen molar-refractivity contribution < 1.29 is 9.59 Å². The molecular formula is C19H20ClN3O2. The third-order valence-electron chi connectivity index (χ3n) is 4.29. The highest BCUT2D eigenvalue weighted by atomic mass is 35.5. The van der Waals surface area contributed by atoms with Gasteiger partial charge in [0.05, 0.1) is 16.6 Å². The van der Waals surface area contributed by atoms with Gasteiger partial charge >= 0.3 is 0 Å². The van der Waals surface area contributed by atoms with Crippen molar-refractivity contribution >= 4 is 40.5 Å². The molecule has 1 heterocycles. The lowest BCUT2D eigenvalue weighted by molar-refractivity contribution is -0.122. The molecule has 0 saturated carbocycles. The van der Waals surface area contributed by atoms with Crippen LogP contribution in [0.4, 0.5) is 17.1 Å². The Morgan fingerprint density at radius 2 is 1.84 bits per heavy atom. The maximum Gasteiger partial charge on any atom is 0.229 e. The number of benzene rings is 2. The number of nitrogens with one attached hydrogen (secondary N) is 1. The Labute approximate surface area is 152 Å². The summed E-state index contributed by atoms with van der Waals surface area (Å²) in [6, 6.07) is 14.8. The van der Waals surface area contributed by atoms with E-state index in [1.165, 1.54) is 0 Å². The van der Waals surface area contributed by atoms with Gasteiger partial charge in [0.1, 0.15) is 0 Å². The highest BCUT2D eigenvalue weighted by Crippen LogP contribution is 2.31. The van der Waals surface area contributed by atoms with E-state index in [1.54, 1.807) is 17.0 Å². The van der Waals surface area contributed by atoms with E-state index in [-0.39, 0.29) is 18.2 Å². The molecule has 1 fully saturated rings. The molecule has 0 radical (unpaired) electrons. The zero-order chi connectivity index (χ0) is 18.0. The van der Waals surface area contributed by atoms with Gasteiger partial charge in [-0.15, -0.1) is 0 Å². The summed E-state index contributed by atoms with van der Waals surface area (Å²) in [5, 5.41) is 3.40. The summed E-state index contributed by atoms with van der Waals surface area (Å²) in [5.74, 6) is -0.631. The van der Waals surface area contributed by atoms with Crippen molar-refractivity contribution in [3.63, 3.8) is 0 Å². The zero-order valence-electron chi connectivity index (χ0n) is 14.2. The number of anilines is 3. The van der Waals surface area contributed by atoms with Gasteiger partial charge in [-0.3, -0.25) is 9.59 Å². The molecule has 0 bridgehead atoms. The smallest absolute Gasteiger partial charge is 0.229 e. The van der Waals surface area contributed by atoms with Crippen molar-refractivity contribution in [2.45, 2.75) is 6.42 Å². The van der Waals surface area contributed by atoms with Gasteiger partial charge < -0.3 is 15.1 Å². The summed E-state index contributed by atoms with van der Waals surface area (Å²) in [4.78, 5) is 28.4. The molecule has 25 heavy (non-hydrogen) atoms. The van der Waals surface area contributed by atoms with Crippen LogP contribution in [-0.4, -0.2) is 32.5 Å². The van der Waals surface area contributed by atoms with Gasteiger partial charge in [0.15, 0.2) is 0 Å². The summed E-state index contributed by atoms with van der Waals surface area (Å²) >= 11 is 6.17. The van der Waals surface area contributed by atoms with Crippen LogP contribution in [0.1, 0.15) is 6.42 Å². The van der Waals surface area contributed by atoms with Crippen molar-refractivity contribution in [1.29, 1.82) is 0 Å². The quantitative estimate of drug-likeness (QED) is 0.912. The van der Waals surface area contributed by atoms with Crippen LogP contribution in [0.25, 0.3) is 0 Å². The molecule has 130 valence electrons. The van der Waals surface area contributed by atoms with Gasteiger partial charge in [0.2, 0.25) is 11.8 Å². The number of hydrogen-bond acceptors (Lipinski definition) is 3. The van der Waals surface area contributed by atoms with Gasteiger partial charge in [-0.1, -0.05) is 23.7 Å². The molecule has 1 atom stereocenters. The van der Waals surface area contributed by atoms with Crippen LogP contribution in [0.15, 0.2) is 48.5 Å². The van der Waals surface area contributed by atoms with Crippen molar-refractivity contribution in [3.05, 3.63) is 53.6 Å². The Hall–Kier alpha value is -2.53. The van der Waals surface area contributed by atoms with Crippen LogP contribution in [0.3, 0.4) is 0 Å². The van der Waals surface area contributed by atoms with Gasteiger partial charge in [-0.2, -0.15) is 0 Å². The third kappa shape index (κ3) is 3.77. The summed E-state index contributed by atoms with van der Waals surface area (Å²) in [7, 11) is 3.92. The largest absolute Gasteiger partial charge is 0.378 e. The lowest BCUT2D eigenvalue weighted by Gasteiger charge is -2.18. The number of nitrogens with zero attached hydrogens (tertiary/aromatic N) is 2. The van der Waals surface area contributed by atoms with Crippen LogP contribution < -0.4 is 15.1 Å². The van der Waals surface area contributed by atoms with E-state index in [0.29, 0.717) is 17.3 Å². The van der Waals surface area contributed by atoms with Crippen LogP contribution >= 0.6 is 11.6 Å². The first-order valence-corrected chi connectivity index (χ1v) is 8.46. The first-order valence-electron chi connectivity index (χ1n) is 8.09. The summed E-state index contributed by atoms with van der Waals surface area (Å²) in [6.07, 6.45) is 0.187. The Kier molecular flexibility index (Phi) is 4.95. The maximum atomic E-state index is 12.5. The lowest BCUT2D eigenvalue weighted by atomic mass is 10.1. The average Bonchev–Trinajstić information content (AvgIpc) is 2.97. The number of para-hydroxylation sites is 1. The second-order valence-corrected chi connectivity index (χ2v) is 6.69. The minimum Gasteiger partial charge on any atom is -0.378 e. The number of amides is 2. The first-order chi connectivity index (χ1) is 12.0. The van der Waals surface area contributed by atoms with Crippen molar-refractivity contribution in [3.8, 4) is 0 Å². The molecule has 2 amide bonds. The fourth-order valence-electron chi connectivity index (χ4n) is 2.87. The molecule has 5 nitrogen and oxygen atoms in total. The van der Waals surface area contributed by atoms with Gasteiger partial charge in [-0.25, -0.2) is 0 Å². The van der Waals surface area contributed by atoms with Crippen LogP contribution in [0.2, 0.25) is 5.02 Å². The highest BCUT2D eigenvalue weighted by Gasteiger charge is 2.35. The normalized spacial score (nSPS) is 16.8. The maximum absolute atomic E-state index is 12.5.